The Balaban J connectivity index is 1.42. The predicted molar refractivity (Wildman–Crippen MR) is 241 cm³/mol. The molecular formula is C53H49B. The molecule has 0 bridgehead atoms. The Kier molecular flexibility index (Phi) is 9.59. The largest absolute Gasteiger partial charge is 0.243 e. The molecule has 0 nitrogen and oxygen atoms in total. The van der Waals surface area contributed by atoms with Gasteiger partial charge in [-0.1, -0.05) is 180 Å². The zero-order valence-corrected chi connectivity index (χ0v) is 32.8. The quantitative estimate of drug-likeness (QED) is 0.146. The molecule has 0 saturated heterocycles. The van der Waals surface area contributed by atoms with Gasteiger partial charge in [-0.25, -0.2) is 0 Å². The zero-order chi connectivity index (χ0) is 37.5. The van der Waals surface area contributed by atoms with Crippen LogP contribution < -0.4 is 10.9 Å². The Bertz CT molecular complexity index is 2710. The molecule has 0 saturated carbocycles. The van der Waals surface area contributed by atoms with Crippen LogP contribution in [0.15, 0.2) is 145 Å². The third-order valence-electron chi connectivity index (χ3n) is 11.7. The highest BCUT2D eigenvalue weighted by Crippen LogP contribution is 2.44. The molecule has 7 aromatic rings. The van der Waals surface area contributed by atoms with Crippen LogP contribution in [-0.4, -0.2) is 6.71 Å². The van der Waals surface area contributed by atoms with E-state index in [-0.39, 0.29) is 6.71 Å². The van der Waals surface area contributed by atoms with E-state index in [0.29, 0.717) is 5.92 Å². The van der Waals surface area contributed by atoms with Crippen LogP contribution in [-0.2, 0) is 0 Å². The molecule has 8 rings (SSSR count). The molecule has 264 valence electrons. The molecule has 0 spiro atoms. The molecule has 1 aliphatic carbocycles. The van der Waals surface area contributed by atoms with Gasteiger partial charge in [0.1, 0.15) is 0 Å². The number of fused-ring (bicyclic) bond motifs is 3. The highest BCUT2D eigenvalue weighted by Gasteiger charge is 2.33. The molecule has 54 heavy (non-hydrogen) atoms. The number of rotatable bonds is 7. The normalized spacial score (nSPS) is 14.8. The number of allylic oxidation sites excluding steroid dienone is 6. The maximum absolute atomic E-state index is 2.58. The van der Waals surface area contributed by atoms with E-state index in [4.69, 9.17) is 0 Å². The molecule has 0 fully saturated rings. The van der Waals surface area contributed by atoms with Gasteiger partial charge in [0.2, 0.25) is 6.71 Å². The first-order valence-electron chi connectivity index (χ1n) is 19.6. The van der Waals surface area contributed by atoms with Crippen LogP contribution >= 0.6 is 0 Å². The number of aryl methyl sites for hydroxylation is 3. The summed E-state index contributed by atoms with van der Waals surface area (Å²) in [5, 5.41) is 7.79. The minimum Gasteiger partial charge on any atom is -0.0871 e. The Morgan fingerprint density at radius 2 is 1.13 bits per heavy atom. The van der Waals surface area contributed by atoms with Crippen molar-refractivity contribution in [2.45, 2.75) is 54.9 Å². The van der Waals surface area contributed by atoms with Gasteiger partial charge in [-0.2, -0.15) is 0 Å². The van der Waals surface area contributed by atoms with Crippen LogP contribution in [0.3, 0.4) is 0 Å². The molecule has 0 aliphatic heterocycles. The second-order valence-corrected chi connectivity index (χ2v) is 15.4. The lowest BCUT2D eigenvalue weighted by Gasteiger charge is -2.30. The molecule has 1 unspecified atom stereocenters. The van der Waals surface area contributed by atoms with E-state index in [1.54, 1.807) is 0 Å². The first-order valence-corrected chi connectivity index (χ1v) is 19.6. The van der Waals surface area contributed by atoms with E-state index in [2.05, 4.69) is 200 Å². The van der Waals surface area contributed by atoms with Gasteiger partial charge in [-0.3, -0.25) is 0 Å². The third-order valence-corrected chi connectivity index (χ3v) is 11.7. The second-order valence-electron chi connectivity index (χ2n) is 15.4. The van der Waals surface area contributed by atoms with Crippen LogP contribution in [0.2, 0.25) is 0 Å². The van der Waals surface area contributed by atoms with Crippen LogP contribution in [0.5, 0.6) is 0 Å². The van der Waals surface area contributed by atoms with Gasteiger partial charge in [0, 0.05) is 0 Å². The Morgan fingerprint density at radius 3 is 1.87 bits per heavy atom. The summed E-state index contributed by atoms with van der Waals surface area (Å²) < 4.78 is 0. The third kappa shape index (κ3) is 6.16. The summed E-state index contributed by atoms with van der Waals surface area (Å²) in [7, 11) is 0. The van der Waals surface area contributed by atoms with Crippen molar-refractivity contribution in [1.82, 2.24) is 0 Å². The zero-order valence-electron chi connectivity index (χ0n) is 32.8. The lowest BCUT2D eigenvalue weighted by atomic mass is 9.33. The van der Waals surface area contributed by atoms with Crippen molar-refractivity contribution in [2.24, 2.45) is 5.92 Å². The van der Waals surface area contributed by atoms with Gasteiger partial charge < -0.3 is 0 Å². The van der Waals surface area contributed by atoms with Gasteiger partial charge in [0.05, 0.1) is 0 Å². The molecule has 0 radical (unpaired) electrons. The van der Waals surface area contributed by atoms with E-state index in [0.717, 1.165) is 6.42 Å². The molecule has 1 atom stereocenters. The first-order chi connectivity index (χ1) is 26.3. The van der Waals surface area contributed by atoms with Crippen molar-refractivity contribution < 1.29 is 0 Å². The average molecular weight is 697 g/mol. The van der Waals surface area contributed by atoms with E-state index in [9.17, 15) is 0 Å². The number of hydrogen-bond donors (Lipinski definition) is 0. The smallest absolute Gasteiger partial charge is 0.0871 e. The van der Waals surface area contributed by atoms with Crippen molar-refractivity contribution >= 4 is 67.7 Å². The topological polar surface area (TPSA) is 0 Å². The van der Waals surface area contributed by atoms with Gasteiger partial charge in [-0.05, 0) is 137 Å². The molecule has 1 heteroatoms. The maximum Gasteiger partial charge on any atom is 0.243 e. The summed E-state index contributed by atoms with van der Waals surface area (Å²) in [5.74, 6) is 0.372. The van der Waals surface area contributed by atoms with Crippen molar-refractivity contribution in [3.63, 3.8) is 0 Å². The molecule has 7 aromatic carbocycles. The Labute approximate surface area is 322 Å². The summed E-state index contributed by atoms with van der Waals surface area (Å²) in [5.41, 5.74) is 17.5. The fourth-order valence-electron chi connectivity index (χ4n) is 9.32. The van der Waals surface area contributed by atoms with Crippen molar-refractivity contribution in [2.75, 3.05) is 0 Å². The van der Waals surface area contributed by atoms with E-state index < -0.39 is 0 Å². The summed E-state index contributed by atoms with van der Waals surface area (Å²) in [6.45, 7) is 16.0. The monoisotopic (exact) mass is 696 g/mol. The highest BCUT2D eigenvalue weighted by molar-refractivity contribution is 6.94. The van der Waals surface area contributed by atoms with Crippen LogP contribution in [0.4, 0.5) is 0 Å². The van der Waals surface area contributed by atoms with Crippen LogP contribution in [0.25, 0.3) is 61.2 Å². The molecule has 0 N–H and O–H groups in total. The minimum atomic E-state index is 0.0680. The molecule has 0 heterocycles. The number of hydrogen-bond acceptors (Lipinski definition) is 0. The maximum atomic E-state index is 2.58. The molecule has 0 amide bonds. The van der Waals surface area contributed by atoms with Crippen molar-refractivity contribution in [1.29, 1.82) is 0 Å². The fraction of sp³-hybridized carbons (Fsp3) is 0.170. The fourth-order valence-corrected chi connectivity index (χ4v) is 9.32. The summed E-state index contributed by atoms with van der Waals surface area (Å²) in [6.07, 6.45) is 15.2. The van der Waals surface area contributed by atoms with Crippen molar-refractivity contribution in [3.05, 3.63) is 184 Å². The van der Waals surface area contributed by atoms with E-state index in [1.807, 2.05) is 0 Å². The lowest BCUT2D eigenvalue weighted by molar-refractivity contribution is 0.746. The molecule has 1 aliphatic rings. The second kappa shape index (κ2) is 14.6. The minimum absolute atomic E-state index is 0.0680. The summed E-state index contributed by atoms with van der Waals surface area (Å²) in [6, 6.07) is 42.9. The van der Waals surface area contributed by atoms with E-state index in [1.165, 1.54) is 104 Å². The highest BCUT2D eigenvalue weighted by atomic mass is 14.3. The number of benzene rings is 7. The van der Waals surface area contributed by atoms with Crippen LogP contribution in [0.1, 0.15) is 66.1 Å². The van der Waals surface area contributed by atoms with E-state index >= 15 is 0 Å². The van der Waals surface area contributed by atoms with Gasteiger partial charge in [0.15, 0.2) is 0 Å². The summed E-state index contributed by atoms with van der Waals surface area (Å²) in [4.78, 5) is 0. The first kappa shape index (κ1) is 35.4. The average Bonchev–Trinajstić information content (AvgIpc) is 3.18. The molecule has 0 aromatic heterocycles. The lowest BCUT2D eigenvalue weighted by Crippen LogP contribution is -2.48. The Morgan fingerprint density at radius 1 is 0.556 bits per heavy atom. The SMILES string of the molecule is C/C=C\c1c(C)ccc(C)c1B(C1=CC(C)CC(c2c(C)c(/C=C\C)c(-c3ccc4ccccc4c3)c3ccccc23)=C1)c1c(C)ccc2ccccc12. The summed E-state index contributed by atoms with van der Waals surface area (Å²) >= 11 is 0. The van der Waals surface area contributed by atoms with Gasteiger partial charge in [0.25, 0.3) is 0 Å². The van der Waals surface area contributed by atoms with Crippen molar-refractivity contribution in [3.8, 4) is 11.1 Å². The Hall–Kier alpha value is -5.66. The standard InChI is InChI=1S/C53H49B/c1-8-16-45-35(4)24-25-36(5)52(45)54(53-37(6)26-27-40-19-12-13-21-47(40)53)44-31-34(3)30-43(33-44)50-38(7)46(17-9-2)51(49-23-15-14-22-48(49)50)42-29-28-39-18-10-11-20-41(39)32-42/h8-29,31-34H,30H2,1-7H3/b16-8-,17-9-. The van der Waals surface area contributed by atoms with Gasteiger partial charge in [-0.15, -0.1) is 0 Å². The predicted octanol–water partition coefficient (Wildman–Crippen LogP) is 13.3. The van der Waals surface area contributed by atoms with Crippen LogP contribution in [0, 0.1) is 33.6 Å². The van der Waals surface area contributed by atoms with Gasteiger partial charge >= 0.3 is 0 Å². The molecular weight excluding hydrogens is 647 g/mol.